The second-order valence-electron chi connectivity index (χ2n) is 4.10. The highest BCUT2D eigenvalue weighted by atomic mass is 32.2. The van der Waals surface area contributed by atoms with E-state index in [9.17, 15) is 4.21 Å². The third-order valence-electron chi connectivity index (χ3n) is 2.43. The van der Waals surface area contributed by atoms with Gasteiger partial charge in [-0.3, -0.25) is 4.21 Å². The zero-order valence-electron chi connectivity index (χ0n) is 11.0. The van der Waals surface area contributed by atoms with E-state index in [0.29, 0.717) is 12.6 Å². The number of methoxy groups -OCH3 is 1. The van der Waals surface area contributed by atoms with Crippen molar-refractivity contribution in [3.63, 3.8) is 0 Å². The highest BCUT2D eigenvalue weighted by molar-refractivity contribution is 7.85. The summed E-state index contributed by atoms with van der Waals surface area (Å²) >= 11 is 0. The van der Waals surface area contributed by atoms with Gasteiger partial charge in [0.1, 0.15) is 0 Å². The molecule has 0 aliphatic carbocycles. The van der Waals surface area contributed by atoms with Crippen LogP contribution in [-0.2, 0) is 15.5 Å². The Morgan fingerprint density at radius 1 is 1.31 bits per heavy atom. The van der Waals surface area contributed by atoms with Gasteiger partial charge in [0, 0.05) is 42.1 Å². The zero-order valence-corrected chi connectivity index (χ0v) is 11.8. The van der Waals surface area contributed by atoms with Gasteiger partial charge in [0.25, 0.3) is 0 Å². The van der Waals surface area contributed by atoms with Gasteiger partial charge >= 0.3 is 0 Å². The van der Waals surface area contributed by atoms with Crippen LogP contribution in [-0.4, -0.2) is 42.0 Å². The molecule has 2 unspecified atom stereocenters. The minimum absolute atomic E-state index is 0.424. The lowest BCUT2D eigenvalue weighted by molar-refractivity contribution is 0.200. The molecule has 0 amide bonds. The van der Waals surface area contributed by atoms with E-state index in [1.54, 1.807) is 7.11 Å². The number of rotatable bonds is 11. The topological polar surface area (TPSA) is 38.3 Å². The first kappa shape index (κ1) is 16.1. The van der Waals surface area contributed by atoms with Crippen molar-refractivity contribution < 1.29 is 8.95 Å². The summed E-state index contributed by atoms with van der Waals surface area (Å²) in [4.78, 5) is 0. The van der Waals surface area contributed by atoms with Crippen LogP contribution in [0.2, 0.25) is 0 Å². The fourth-order valence-corrected chi connectivity index (χ4v) is 2.95. The molecule has 4 heteroatoms. The molecule has 16 heavy (non-hydrogen) atoms. The normalized spacial score (nSPS) is 14.9. The van der Waals surface area contributed by atoms with Crippen LogP contribution < -0.4 is 5.32 Å². The summed E-state index contributed by atoms with van der Waals surface area (Å²) in [6, 6.07) is 0.424. The quantitative estimate of drug-likeness (QED) is 0.569. The van der Waals surface area contributed by atoms with E-state index in [-0.39, 0.29) is 0 Å². The average Bonchev–Trinajstić information content (AvgIpc) is 2.26. The summed E-state index contributed by atoms with van der Waals surface area (Å²) < 4.78 is 16.7. The van der Waals surface area contributed by atoms with Gasteiger partial charge < -0.3 is 10.1 Å². The Morgan fingerprint density at radius 2 is 2.06 bits per heavy atom. The second-order valence-corrected chi connectivity index (χ2v) is 5.72. The van der Waals surface area contributed by atoms with Gasteiger partial charge in [-0.2, -0.15) is 0 Å². The summed E-state index contributed by atoms with van der Waals surface area (Å²) in [5.74, 6) is 1.55. The van der Waals surface area contributed by atoms with Crippen LogP contribution in [0.4, 0.5) is 0 Å². The van der Waals surface area contributed by atoms with Crippen molar-refractivity contribution >= 4 is 10.8 Å². The van der Waals surface area contributed by atoms with Crippen LogP contribution >= 0.6 is 0 Å². The Kier molecular flexibility index (Phi) is 11.6. The molecule has 0 aromatic heterocycles. The average molecular weight is 249 g/mol. The molecule has 0 heterocycles. The van der Waals surface area contributed by atoms with E-state index in [4.69, 9.17) is 4.74 Å². The van der Waals surface area contributed by atoms with Gasteiger partial charge in [-0.15, -0.1) is 0 Å². The molecule has 1 N–H and O–H groups in total. The SMILES string of the molecule is CCCNC(CCC)CS(=O)CCCOC. The summed E-state index contributed by atoms with van der Waals surface area (Å²) in [6.07, 6.45) is 4.30. The molecule has 0 aliphatic rings. The maximum Gasteiger partial charge on any atom is 0.0471 e. The van der Waals surface area contributed by atoms with Gasteiger partial charge in [-0.1, -0.05) is 20.3 Å². The van der Waals surface area contributed by atoms with Crippen LogP contribution in [0.5, 0.6) is 0 Å². The van der Waals surface area contributed by atoms with Crippen molar-refractivity contribution in [3.05, 3.63) is 0 Å². The number of nitrogens with one attached hydrogen (secondary N) is 1. The molecule has 3 nitrogen and oxygen atoms in total. The molecule has 2 atom stereocenters. The molecular weight excluding hydrogens is 222 g/mol. The molecule has 0 saturated heterocycles. The lowest BCUT2D eigenvalue weighted by atomic mass is 10.2. The fourth-order valence-electron chi connectivity index (χ4n) is 1.61. The largest absolute Gasteiger partial charge is 0.385 e. The molecule has 0 aromatic carbocycles. The Hall–Kier alpha value is 0.0700. The van der Waals surface area contributed by atoms with Crippen LogP contribution in [0.25, 0.3) is 0 Å². The highest BCUT2D eigenvalue weighted by Crippen LogP contribution is 2.01. The first-order valence-corrected chi connectivity index (χ1v) is 7.80. The lowest BCUT2D eigenvalue weighted by Gasteiger charge is -2.17. The van der Waals surface area contributed by atoms with E-state index in [1.807, 2.05) is 0 Å². The minimum Gasteiger partial charge on any atom is -0.385 e. The predicted molar refractivity (Wildman–Crippen MR) is 71.4 cm³/mol. The summed E-state index contributed by atoms with van der Waals surface area (Å²) in [5, 5.41) is 3.47. The molecule has 0 fully saturated rings. The zero-order chi connectivity index (χ0) is 12.2. The Bertz CT molecular complexity index is 176. The summed E-state index contributed by atoms with van der Waals surface area (Å²) in [6.45, 7) is 6.08. The van der Waals surface area contributed by atoms with E-state index in [0.717, 1.165) is 43.7 Å². The number of hydrogen-bond donors (Lipinski definition) is 1. The molecule has 0 aliphatic heterocycles. The number of ether oxygens (including phenoxy) is 1. The Morgan fingerprint density at radius 3 is 2.62 bits per heavy atom. The molecule has 0 radical (unpaired) electrons. The fraction of sp³-hybridized carbons (Fsp3) is 1.00. The smallest absolute Gasteiger partial charge is 0.0471 e. The summed E-state index contributed by atoms with van der Waals surface area (Å²) in [5.41, 5.74) is 0. The van der Waals surface area contributed by atoms with Gasteiger partial charge in [-0.05, 0) is 25.8 Å². The standard InChI is InChI=1S/C12H27NO2S/c1-4-7-12(13-8-5-2)11-16(14)10-6-9-15-3/h12-13H,4-11H2,1-3H3. The second kappa shape index (κ2) is 11.6. The van der Waals surface area contributed by atoms with Gasteiger partial charge in [0.2, 0.25) is 0 Å². The molecule has 0 saturated carbocycles. The highest BCUT2D eigenvalue weighted by Gasteiger charge is 2.10. The van der Waals surface area contributed by atoms with Crippen molar-refractivity contribution in [2.45, 2.75) is 45.6 Å². The first-order valence-electron chi connectivity index (χ1n) is 6.31. The molecule has 98 valence electrons. The molecule has 0 spiro atoms. The molecular formula is C12H27NO2S. The van der Waals surface area contributed by atoms with E-state index in [2.05, 4.69) is 19.2 Å². The van der Waals surface area contributed by atoms with E-state index >= 15 is 0 Å². The summed E-state index contributed by atoms with van der Waals surface area (Å²) in [7, 11) is 0.987. The third-order valence-corrected chi connectivity index (χ3v) is 3.95. The molecule has 0 bridgehead atoms. The van der Waals surface area contributed by atoms with E-state index < -0.39 is 10.8 Å². The van der Waals surface area contributed by atoms with Crippen molar-refractivity contribution in [2.24, 2.45) is 0 Å². The van der Waals surface area contributed by atoms with Gasteiger partial charge in [-0.25, -0.2) is 0 Å². The Labute approximate surface area is 103 Å². The first-order chi connectivity index (χ1) is 7.74. The molecule has 0 aromatic rings. The van der Waals surface area contributed by atoms with Gasteiger partial charge in [0.15, 0.2) is 0 Å². The van der Waals surface area contributed by atoms with Crippen molar-refractivity contribution in [1.29, 1.82) is 0 Å². The van der Waals surface area contributed by atoms with E-state index in [1.165, 1.54) is 0 Å². The van der Waals surface area contributed by atoms with Gasteiger partial charge in [0.05, 0.1) is 0 Å². The van der Waals surface area contributed by atoms with Crippen LogP contribution in [0.1, 0.15) is 39.5 Å². The molecule has 0 rings (SSSR count). The number of hydrogen-bond acceptors (Lipinski definition) is 3. The Balaban J connectivity index is 3.73. The maximum absolute atomic E-state index is 11.8. The monoisotopic (exact) mass is 249 g/mol. The van der Waals surface area contributed by atoms with Crippen molar-refractivity contribution in [2.75, 3.05) is 31.8 Å². The lowest BCUT2D eigenvalue weighted by Crippen LogP contribution is -2.35. The van der Waals surface area contributed by atoms with Crippen molar-refractivity contribution in [3.8, 4) is 0 Å². The van der Waals surface area contributed by atoms with Crippen LogP contribution in [0.15, 0.2) is 0 Å². The van der Waals surface area contributed by atoms with Crippen LogP contribution in [0, 0.1) is 0 Å². The van der Waals surface area contributed by atoms with Crippen LogP contribution in [0.3, 0.4) is 0 Å². The predicted octanol–water partition coefficient (Wildman–Crippen LogP) is 1.94. The maximum atomic E-state index is 11.8. The third kappa shape index (κ3) is 9.31. The van der Waals surface area contributed by atoms with Crippen molar-refractivity contribution in [1.82, 2.24) is 5.32 Å². The minimum atomic E-state index is -0.699.